The van der Waals surface area contributed by atoms with Crippen molar-refractivity contribution in [3.05, 3.63) is 0 Å². The maximum atomic E-state index is 12.2. The highest BCUT2D eigenvalue weighted by atomic mass is 16.7. The molecule has 0 aromatic heterocycles. The molecule has 788 valence electrons. The van der Waals surface area contributed by atoms with E-state index in [4.69, 9.17) is 37.9 Å². The zero-order chi connectivity index (χ0) is 96.5. The molecule has 12 saturated carbocycles. The summed E-state index contributed by atoms with van der Waals surface area (Å²) in [6.07, 6.45) is 32.7. The largest absolute Gasteiger partial charge is 0.463 e. The molecule has 25 nitrogen and oxygen atoms in total. The van der Waals surface area contributed by atoms with Crippen LogP contribution in [0.4, 0.5) is 0 Å². The van der Waals surface area contributed by atoms with E-state index in [9.17, 15) is 62.3 Å². The van der Waals surface area contributed by atoms with Crippen molar-refractivity contribution in [1.29, 1.82) is 0 Å². The van der Waals surface area contributed by atoms with Crippen LogP contribution in [-0.4, -0.2) is 139 Å². The van der Waals surface area contributed by atoms with E-state index in [1.165, 1.54) is 103 Å². The third-order valence-corrected chi connectivity index (χ3v) is 35.3. The van der Waals surface area contributed by atoms with Crippen molar-refractivity contribution in [2.75, 3.05) is 20.3 Å². The molecule has 136 heavy (non-hydrogen) atoms. The number of carbonyl (C=O) groups excluding carboxylic acids is 13. The fraction of sp³-hybridized carbons (Fsp3) is 0.883. The molecule has 6 saturated heterocycles. The minimum atomic E-state index is -0.665. The normalized spacial score (nSPS) is 36.9. The van der Waals surface area contributed by atoms with Crippen molar-refractivity contribution in [3.8, 4) is 0 Å². The Morgan fingerprint density at radius 2 is 0.757 bits per heavy atom. The van der Waals surface area contributed by atoms with Crippen LogP contribution in [0.15, 0.2) is 0 Å². The molecule has 6 aliphatic heterocycles. The molecule has 28 atom stereocenters. The summed E-state index contributed by atoms with van der Waals surface area (Å²) in [5.74, 6) is 9.17. The summed E-state index contributed by atoms with van der Waals surface area (Å²) < 4.78 is 61.1. The summed E-state index contributed by atoms with van der Waals surface area (Å²) in [5.41, 5.74) is -0.525. The number of hydrogen-bond acceptors (Lipinski definition) is 25. The molecule has 10 bridgehead atoms. The predicted molar refractivity (Wildman–Crippen MR) is 529 cm³/mol. The summed E-state index contributed by atoms with van der Waals surface area (Å²) in [7, 11) is 1.70. The van der Waals surface area contributed by atoms with Crippen LogP contribution < -0.4 is 0 Å². The van der Waals surface area contributed by atoms with E-state index in [0.717, 1.165) is 117 Å². The van der Waals surface area contributed by atoms with E-state index < -0.39 is 54.0 Å². The Morgan fingerprint density at radius 1 is 0.390 bits per heavy atom. The lowest BCUT2D eigenvalue weighted by Gasteiger charge is -2.59. The molecule has 0 amide bonds. The number of cyclic esters (lactones) is 8. The first-order valence-corrected chi connectivity index (χ1v) is 51.1. The lowest BCUT2D eigenvalue weighted by atomic mass is 9.50. The minimum Gasteiger partial charge on any atom is -0.463 e. The van der Waals surface area contributed by atoms with Crippen molar-refractivity contribution in [1.82, 2.24) is 0 Å². The molecule has 0 spiro atoms. The molecular formula is C111H194O25. The van der Waals surface area contributed by atoms with Crippen LogP contribution in [0.2, 0.25) is 0 Å². The maximum Gasteiger partial charge on any atom is 0.347 e. The lowest BCUT2D eigenvalue weighted by molar-refractivity contribution is -0.206. The molecule has 0 aromatic rings. The molecule has 0 aromatic carbocycles. The summed E-state index contributed by atoms with van der Waals surface area (Å²) in [5, 5.41) is 0. The van der Waals surface area contributed by atoms with Gasteiger partial charge in [0.1, 0.15) is 16.8 Å². The molecule has 12 aliphatic carbocycles. The standard InChI is InChI=1S/C16H26O2.C16H28O2.C15H26O2.C14H20O4.C9H14O4.C9H16.C8H16O2.3C6H8O3.6CH4/c1-4-10(2)15(17)18-16(3)13-6-11-5-12(8-13)9-14(16)7-11;1-3-13(2)15(17)18-16(11-7-8-12-16)14-9-5-4-6-10-14;1-6-15(4,5)17-14(16)13-8-11-7-12(13)10(3)9(11)2;1-7-8(2)10-5-9(7)6-11(10)13(15)18-12-3-4-17-14(12)16;1-3-6(2)8(10)13-7-4-5-12-9(7)11;1-6-7(2)9-4-3-8(6)5-9;1-6-4-5-8(9-3)10-7(6)2;3*1-3-4(2)6(8)9-5(3)7;;;;;;/h10-14H,4-9H2,1-3H3;13-14H,3-12H2,1-2H3;9-13H,6-8H2,1-5H3;7-12H,3-6H2,1-2H3;6-7H,3-5H2,1-2H3;6-9H,3-5H2,1-2H3;6-8H,4-5H2,1-3H3;3*3-4H,1-2H3;6*1H4. The highest BCUT2D eigenvalue weighted by Gasteiger charge is 2.59. The first-order chi connectivity index (χ1) is 61.2. The Balaban J connectivity index is 0.000000515. The molecule has 0 radical (unpaired) electrons. The topological polar surface area (TPSA) is 333 Å². The van der Waals surface area contributed by atoms with E-state index in [1.54, 1.807) is 62.0 Å². The fourth-order valence-corrected chi connectivity index (χ4v) is 23.3. The van der Waals surface area contributed by atoms with Crippen LogP contribution in [0.3, 0.4) is 0 Å². The van der Waals surface area contributed by atoms with Crippen LogP contribution in [0, 0.1) is 172 Å². The molecule has 18 fully saturated rings. The van der Waals surface area contributed by atoms with Gasteiger partial charge in [-0.3, -0.25) is 52.7 Å². The Bertz CT molecular complexity index is 3560. The van der Waals surface area contributed by atoms with E-state index in [1.807, 2.05) is 34.6 Å². The van der Waals surface area contributed by atoms with Gasteiger partial charge in [0.15, 0.2) is 6.29 Å². The highest BCUT2D eigenvalue weighted by molar-refractivity contribution is 5.97. The van der Waals surface area contributed by atoms with Gasteiger partial charge in [0.2, 0.25) is 12.2 Å². The number of rotatable bonds is 16. The second-order valence-corrected chi connectivity index (χ2v) is 43.7. The van der Waals surface area contributed by atoms with Gasteiger partial charge in [0.25, 0.3) is 0 Å². The Labute approximate surface area is 822 Å². The zero-order valence-corrected chi connectivity index (χ0v) is 84.2. The van der Waals surface area contributed by atoms with Gasteiger partial charge in [-0.05, 0) is 288 Å². The maximum absolute atomic E-state index is 12.2. The Kier molecular flexibility index (Phi) is 52.2. The average molecular weight is 1930 g/mol. The number of esters is 13. The summed E-state index contributed by atoms with van der Waals surface area (Å²) in [6, 6.07) is 0. The lowest BCUT2D eigenvalue weighted by Crippen LogP contribution is -2.58. The van der Waals surface area contributed by atoms with Crippen LogP contribution in [-0.2, 0) is 119 Å². The predicted octanol–water partition coefficient (Wildman–Crippen LogP) is 23.9. The molecule has 6 heterocycles. The van der Waals surface area contributed by atoms with E-state index in [2.05, 4.69) is 102 Å². The Morgan fingerprint density at radius 3 is 1.07 bits per heavy atom. The number of methoxy groups -OCH3 is 1. The molecule has 25 heteroatoms. The van der Waals surface area contributed by atoms with E-state index in [0.29, 0.717) is 85.4 Å². The molecule has 18 aliphatic rings. The molecule has 18 rings (SSSR count). The van der Waals surface area contributed by atoms with Gasteiger partial charge in [-0.15, -0.1) is 0 Å². The fourth-order valence-electron chi connectivity index (χ4n) is 23.3. The molecule has 28 unspecified atom stereocenters. The van der Waals surface area contributed by atoms with Crippen LogP contribution in [0.1, 0.15) is 397 Å². The SMILES string of the molecule is C.C.C.C.C.C.CC1C(=O)OC(=O)C1C.CC1C(=O)OC(=O)C1C.CC1C(=O)OC(=O)C1C.CC1C2CC(C(=O)OC3CCOC3=O)C(C2)C1C.CC1C2CCC(C2)C1C.CCC(C)(C)OC(=O)C1CC2CC1C(C)C2C.CCC(C)C(=O)OC1(C)C2CC3CC(C2)CC1C3.CCC(C)C(=O)OC1(C2CCCCC2)CCCC1.CCC(C)C(=O)OC1CCOC1=O.COC1CCC(C)C(C)O1. The van der Waals surface area contributed by atoms with Gasteiger partial charge < -0.3 is 56.8 Å². The first-order valence-electron chi connectivity index (χ1n) is 51.1. The second-order valence-electron chi connectivity index (χ2n) is 43.7. The second kappa shape index (κ2) is 56.5. The van der Waals surface area contributed by atoms with Gasteiger partial charge in [-0.1, -0.05) is 202 Å². The average Bonchev–Trinajstić information content (AvgIpc) is 1.30. The summed E-state index contributed by atoms with van der Waals surface area (Å²) in [6.45, 7) is 49.3. The van der Waals surface area contributed by atoms with Crippen molar-refractivity contribution in [2.24, 2.45) is 172 Å². The third-order valence-electron chi connectivity index (χ3n) is 35.3. The van der Waals surface area contributed by atoms with Crippen LogP contribution in [0.25, 0.3) is 0 Å². The van der Waals surface area contributed by atoms with Gasteiger partial charge in [0.05, 0.1) is 84.4 Å². The van der Waals surface area contributed by atoms with Crippen LogP contribution in [0.5, 0.6) is 0 Å². The van der Waals surface area contributed by atoms with Crippen molar-refractivity contribution in [2.45, 2.75) is 438 Å². The monoisotopic (exact) mass is 1930 g/mol. The van der Waals surface area contributed by atoms with Crippen molar-refractivity contribution < 1.29 is 119 Å². The number of carbonyl (C=O) groups is 13. The summed E-state index contributed by atoms with van der Waals surface area (Å²) in [4.78, 5) is 145. The molecule has 0 N–H and O–H groups in total. The van der Waals surface area contributed by atoms with Crippen molar-refractivity contribution in [3.63, 3.8) is 0 Å². The Hall–Kier alpha value is -6.37. The number of hydrogen-bond donors (Lipinski definition) is 0. The minimum absolute atomic E-state index is 0. The van der Waals surface area contributed by atoms with Gasteiger partial charge >= 0.3 is 77.6 Å². The quantitative estimate of drug-likeness (QED) is 0.0787. The summed E-state index contributed by atoms with van der Waals surface area (Å²) >= 11 is 0. The third kappa shape index (κ3) is 32.1. The number of fused-ring (bicyclic) bond motifs is 6. The first kappa shape index (κ1) is 126. The van der Waals surface area contributed by atoms with Gasteiger partial charge in [-0.25, -0.2) is 9.59 Å². The molecular weight excluding hydrogens is 1730 g/mol. The van der Waals surface area contributed by atoms with Crippen molar-refractivity contribution >= 4 is 77.6 Å². The van der Waals surface area contributed by atoms with Crippen LogP contribution >= 0.6 is 0 Å². The highest BCUT2D eigenvalue weighted by Crippen LogP contribution is 2.61. The van der Waals surface area contributed by atoms with E-state index in [-0.39, 0.29) is 169 Å². The zero-order valence-electron chi connectivity index (χ0n) is 84.2. The number of ether oxygens (including phenoxy) is 12. The van der Waals surface area contributed by atoms with E-state index >= 15 is 0 Å². The van der Waals surface area contributed by atoms with Gasteiger partial charge in [-0.2, -0.15) is 0 Å². The van der Waals surface area contributed by atoms with Gasteiger partial charge in [0, 0.05) is 20.0 Å². The smallest absolute Gasteiger partial charge is 0.347 e.